The van der Waals surface area contributed by atoms with E-state index in [0.717, 1.165) is 43.3 Å². The number of carbonyl (C=O) groups is 2. The van der Waals surface area contributed by atoms with Crippen LogP contribution in [0.3, 0.4) is 0 Å². The van der Waals surface area contributed by atoms with E-state index in [1.165, 1.54) is 26.0 Å². The summed E-state index contributed by atoms with van der Waals surface area (Å²) >= 11 is 0. The normalized spacial score (nSPS) is 14.2. The largest absolute Gasteiger partial charge is 0.534 e. The van der Waals surface area contributed by atoms with Crippen molar-refractivity contribution in [2.45, 2.75) is 42.9 Å². The van der Waals surface area contributed by atoms with Crippen LogP contribution in [-0.2, 0) is 40.9 Å². The Morgan fingerprint density at radius 1 is 0.675 bits per heavy atom. The maximum absolute atomic E-state index is 13.8. The predicted molar refractivity (Wildman–Crippen MR) is 122 cm³/mol. The molecule has 0 saturated heterocycles. The predicted octanol–water partition coefficient (Wildman–Crippen LogP) is 3.86. The summed E-state index contributed by atoms with van der Waals surface area (Å²) in [5.74, 6) is -3.65. The van der Waals surface area contributed by atoms with Gasteiger partial charge in [0.15, 0.2) is 0 Å². The van der Waals surface area contributed by atoms with E-state index in [0.29, 0.717) is 5.56 Å². The highest BCUT2D eigenvalue weighted by Gasteiger charge is 2.49. The van der Waals surface area contributed by atoms with Gasteiger partial charge in [-0.1, -0.05) is 24.3 Å². The lowest BCUT2D eigenvalue weighted by molar-refractivity contribution is -0.142. The number of alkyl halides is 7. The lowest BCUT2D eigenvalue weighted by Crippen LogP contribution is -2.34. The van der Waals surface area contributed by atoms with Crippen molar-refractivity contribution in [2.24, 2.45) is 5.73 Å². The molecular formula is C21H20F7NO9S2. The van der Waals surface area contributed by atoms with Gasteiger partial charge in [0.1, 0.15) is 11.5 Å². The number of carboxylic acid groups (broad SMARTS) is 1. The van der Waals surface area contributed by atoms with Gasteiger partial charge < -0.3 is 19.2 Å². The van der Waals surface area contributed by atoms with Gasteiger partial charge in [0, 0.05) is 0 Å². The third-order valence-electron chi connectivity index (χ3n) is 4.95. The van der Waals surface area contributed by atoms with Crippen LogP contribution in [0.4, 0.5) is 30.7 Å². The zero-order valence-corrected chi connectivity index (χ0v) is 22.0. The number of aliphatic carboxylic acids is 1. The molecule has 0 aliphatic carbocycles. The zero-order valence-electron chi connectivity index (χ0n) is 20.4. The van der Waals surface area contributed by atoms with Gasteiger partial charge >= 0.3 is 37.2 Å². The van der Waals surface area contributed by atoms with E-state index >= 15 is 0 Å². The summed E-state index contributed by atoms with van der Waals surface area (Å²) in [7, 11) is -11.5. The standard InChI is InChI=1S/C11H11F3O5S.C10H9F4NO4S/c1-10(2,9(15)16)7-3-5-8(6-4-7)19-20(17,18)11(12,13)14;1-9(11,8(15)16)6-2-4-7(5-3-6)19-20(17,18)10(12,13)14/h3-6H,1-2H3,(H,15,16);2-5H,1H3,(H2,15,16). The van der Waals surface area contributed by atoms with E-state index in [9.17, 15) is 57.2 Å². The van der Waals surface area contributed by atoms with Crippen molar-refractivity contribution >= 4 is 32.1 Å². The Morgan fingerprint density at radius 3 is 1.23 bits per heavy atom. The quantitative estimate of drug-likeness (QED) is 0.251. The summed E-state index contributed by atoms with van der Waals surface area (Å²) in [5, 5.41) is 8.98. The van der Waals surface area contributed by atoms with Crippen LogP contribution in [0.2, 0.25) is 0 Å². The molecule has 1 unspecified atom stereocenters. The van der Waals surface area contributed by atoms with Crippen LogP contribution in [0.25, 0.3) is 0 Å². The fourth-order valence-corrected chi connectivity index (χ4v) is 3.28. The van der Waals surface area contributed by atoms with Crippen LogP contribution in [0, 0.1) is 0 Å². The first kappa shape index (κ1) is 34.4. The van der Waals surface area contributed by atoms with Gasteiger partial charge in [-0.2, -0.15) is 43.2 Å². The second kappa shape index (κ2) is 11.5. The Balaban J connectivity index is 0.000000400. The SMILES string of the molecule is CC(C)(C(=O)O)c1ccc(OS(=O)(=O)C(F)(F)F)cc1.CC(F)(C(N)=O)c1ccc(OS(=O)(=O)C(F)(F)F)cc1. The molecule has 3 N–H and O–H groups in total. The van der Waals surface area contributed by atoms with E-state index in [1.807, 2.05) is 0 Å². The van der Waals surface area contributed by atoms with Crippen molar-refractivity contribution in [3.05, 3.63) is 59.7 Å². The monoisotopic (exact) mass is 627 g/mol. The van der Waals surface area contributed by atoms with Gasteiger partial charge in [0.25, 0.3) is 5.91 Å². The molecule has 1 atom stereocenters. The molecule has 0 aromatic heterocycles. The summed E-state index contributed by atoms with van der Waals surface area (Å²) in [5.41, 5.74) is -10.0. The maximum atomic E-state index is 13.8. The maximum Gasteiger partial charge on any atom is 0.534 e. The average Bonchev–Trinajstić information content (AvgIpc) is 2.78. The van der Waals surface area contributed by atoms with Gasteiger partial charge in [0.05, 0.1) is 5.41 Å². The number of amides is 1. The summed E-state index contributed by atoms with van der Waals surface area (Å²) in [6.07, 6.45) is 0. The molecule has 1 amide bonds. The molecule has 2 rings (SSSR count). The Morgan fingerprint density at radius 2 is 0.975 bits per heavy atom. The number of rotatable bonds is 8. The van der Waals surface area contributed by atoms with E-state index < -0.39 is 65.7 Å². The van der Waals surface area contributed by atoms with E-state index in [-0.39, 0.29) is 5.56 Å². The van der Waals surface area contributed by atoms with Crippen molar-refractivity contribution in [3.63, 3.8) is 0 Å². The molecule has 2 aromatic rings. The minimum absolute atomic E-state index is 0.248. The second-order valence-electron chi connectivity index (χ2n) is 8.31. The second-order valence-corrected chi connectivity index (χ2v) is 11.4. The van der Waals surface area contributed by atoms with E-state index in [4.69, 9.17) is 10.8 Å². The van der Waals surface area contributed by atoms with Crippen molar-refractivity contribution in [3.8, 4) is 11.5 Å². The molecule has 0 aliphatic heterocycles. The Labute approximate surface area is 222 Å². The first-order chi connectivity index (χ1) is 17.8. The molecule has 0 heterocycles. The first-order valence-corrected chi connectivity index (χ1v) is 13.0. The van der Waals surface area contributed by atoms with Gasteiger partial charge in [0.2, 0.25) is 5.67 Å². The molecule has 224 valence electrons. The third kappa shape index (κ3) is 8.20. The molecule has 0 fully saturated rings. The molecule has 19 heteroatoms. The van der Waals surface area contributed by atoms with Crippen LogP contribution in [0.5, 0.6) is 11.5 Å². The average molecular weight is 628 g/mol. The molecule has 0 aliphatic rings. The Hall–Kier alpha value is -3.61. The van der Waals surface area contributed by atoms with Crippen molar-refractivity contribution in [2.75, 3.05) is 0 Å². The van der Waals surface area contributed by atoms with E-state index in [1.54, 1.807) is 0 Å². The van der Waals surface area contributed by atoms with Crippen molar-refractivity contribution < 1.29 is 70.6 Å². The lowest BCUT2D eigenvalue weighted by atomic mass is 9.85. The number of hydrogen-bond donors (Lipinski definition) is 2. The summed E-state index contributed by atoms with van der Waals surface area (Å²) < 4.78 is 137. The zero-order chi connectivity index (χ0) is 31.5. The van der Waals surface area contributed by atoms with Gasteiger partial charge in [-0.25, -0.2) is 4.39 Å². The topological polar surface area (TPSA) is 167 Å². The molecule has 0 radical (unpaired) electrons. The minimum Gasteiger partial charge on any atom is -0.481 e. The van der Waals surface area contributed by atoms with E-state index in [2.05, 4.69) is 8.37 Å². The summed E-state index contributed by atoms with van der Waals surface area (Å²) in [4.78, 5) is 21.8. The highest BCUT2D eigenvalue weighted by atomic mass is 32.2. The lowest BCUT2D eigenvalue weighted by Gasteiger charge is -2.19. The van der Waals surface area contributed by atoms with Crippen LogP contribution >= 0.6 is 0 Å². The van der Waals surface area contributed by atoms with Gasteiger partial charge in [-0.05, 0) is 56.2 Å². The van der Waals surface area contributed by atoms with Crippen LogP contribution in [-0.4, -0.2) is 44.8 Å². The number of nitrogens with two attached hydrogens (primary N) is 1. The molecule has 10 nitrogen and oxygen atoms in total. The Bertz CT molecular complexity index is 1320. The van der Waals surface area contributed by atoms with Gasteiger partial charge in [-0.3, -0.25) is 9.59 Å². The number of carbonyl (C=O) groups excluding carboxylic acids is 1. The van der Waals surface area contributed by atoms with Crippen LogP contribution < -0.4 is 14.1 Å². The van der Waals surface area contributed by atoms with Crippen LogP contribution in [0.1, 0.15) is 31.9 Å². The Kier molecular flexibility index (Phi) is 9.87. The number of carboxylic acids is 1. The number of hydrogen-bond acceptors (Lipinski definition) is 8. The third-order valence-corrected chi connectivity index (χ3v) is 6.91. The fourth-order valence-electron chi connectivity index (χ4n) is 2.36. The number of benzene rings is 2. The fraction of sp³-hybridized carbons (Fsp3) is 0.333. The minimum atomic E-state index is -5.80. The van der Waals surface area contributed by atoms with Crippen molar-refractivity contribution in [1.29, 1.82) is 0 Å². The highest BCUT2D eigenvalue weighted by molar-refractivity contribution is 7.88. The molecule has 0 saturated carbocycles. The van der Waals surface area contributed by atoms with Gasteiger partial charge in [-0.15, -0.1) is 0 Å². The summed E-state index contributed by atoms with van der Waals surface area (Å²) in [6, 6.07) is 7.65. The molecule has 40 heavy (non-hydrogen) atoms. The molecule has 0 bridgehead atoms. The molecule has 0 spiro atoms. The number of primary amides is 1. The first-order valence-electron chi connectivity index (χ1n) is 10.2. The number of halogens is 7. The molecular weight excluding hydrogens is 607 g/mol. The summed E-state index contributed by atoms with van der Waals surface area (Å²) in [6.45, 7) is 3.66. The van der Waals surface area contributed by atoms with Crippen molar-refractivity contribution in [1.82, 2.24) is 0 Å². The highest BCUT2D eigenvalue weighted by Crippen LogP contribution is 2.31. The smallest absolute Gasteiger partial charge is 0.481 e. The van der Waals surface area contributed by atoms with Crippen LogP contribution in [0.15, 0.2) is 48.5 Å². The molecule has 2 aromatic carbocycles.